The summed E-state index contributed by atoms with van der Waals surface area (Å²) in [5, 5.41) is 10.8. The van der Waals surface area contributed by atoms with E-state index in [4.69, 9.17) is 0 Å². The van der Waals surface area contributed by atoms with E-state index in [2.05, 4.69) is 69.8 Å². The van der Waals surface area contributed by atoms with Gasteiger partial charge in [-0.05, 0) is 31.8 Å². The molecule has 24 heavy (non-hydrogen) atoms. The van der Waals surface area contributed by atoms with Crippen LogP contribution in [0.4, 0.5) is 0 Å². The van der Waals surface area contributed by atoms with Gasteiger partial charge in [0.05, 0.1) is 11.9 Å². The van der Waals surface area contributed by atoms with Gasteiger partial charge < -0.3 is 10.2 Å². The topological polar surface area (TPSA) is 56.8 Å². The van der Waals surface area contributed by atoms with E-state index in [1.807, 2.05) is 24.5 Å². The molecular weight excluding hydrogens is 298 g/mol. The maximum Gasteiger partial charge on any atom is 0.0710 e. The van der Waals surface area contributed by atoms with Gasteiger partial charge in [-0.1, -0.05) is 30.3 Å². The lowest BCUT2D eigenvalue weighted by atomic mass is 10.1. The molecule has 2 N–H and O–H groups in total. The molecule has 3 rings (SSSR count). The molecule has 0 fully saturated rings. The molecule has 0 aliphatic rings. The average molecular weight is 321 g/mol. The Kier molecular flexibility index (Phi) is 5.36. The van der Waals surface area contributed by atoms with Crippen LogP contribution in [-0.4, -0.2) is 40.7 Å². The fourth-order valence-corrected chi connectivity index (χ4v) is 2.82. The van der Waals surface area contributed by atoms with Crippen LogP contribution in [0, 0.1) is 0 Å². The Hall–Kier alpha value is -2.50. The first-order chi connectivity index (χ1) is 11.8. The standard InChI is InChI=1S/C19H23N5/c1-24(2)18(15-7-4-3-5-8-15)14-21-12-17-13-22-23-19(17)16-9-6-10-20-11-16/h3-11,13,18,21H,12,14H2,1-2H3,(H,22,23)/t18-/m1/s1. The van der Waals surface area contributed by atoms with Crippen LogP contribution in [0.1, 0.15) is 17.2 Å². The third-order valence-electron chi connectivity index (χ3n) is 4.13. The Morgan fingerprint density at radius 3 is 2.62 bits per heavy atom. The molecule has 0 radical (unpaired) electrons. The molecule has 5 nitrogen and oxygen atoms in total. The molecule has 0 aliphatic carbocycles. The van der Waals surface area contributed by atoms with Crippen LogP contribution in [0.15, 0.2) is 61.1 Å². The van der Waals surface area contributed by atoms with Gasteiger partial charge in [0.1, 0.15) is 0 Å². The second kappa shape index (κ2) is 7.86. The molecule has 124 valence electrons. The fourth-order valence-electron chi connectivity index (χ4n) is 2.82. The van der Waals surface area contributed by atoms with E-state index in [-0.39, 0.29) is 0 Å². The van der Waals surface area contributed by atoms with Crippen molar-refractivity contribution in [2.45, 2.75) is 12.6 Å². The van der Waals surface area contributed by atoms with E-state index >= 15 is 0 Å². The molecule has 0 spiro atoms. The van der Waals surface area contributed by atoms with Crippen molar-refractivity contribution in [2.75, 3.05) is 20.6 Å². The van der Waals surface area contributed by atoms with Crippen LogP contribution >= 0.6 is 0 Å². The second-order valence-electron chi connectivity index (χ2n) is 6.03. The summed E-state index contributed by atoms with van der Waals surface area (Å²) in [6.07, 6.45) is 5.51. The lowest BCUT2D eigenvalue weighted by molar-refractivity contribution is 0.288. The van der Waals surface area contributed by atoms with Gasteiger partial charge in [0.2, 0.25) is 0 Å². The Labute approximate surface area is 142 Å². The van der Waals surface area contributed by atoms with E-state index < -0.39 is 0 Å². The van der Waals surface area contributed by atoms with E-state index in [1.54, 1.807) is 6.20 Å². The summed E-state index contributed by atoms with van der Waals surface area (Å²) < 4.78 is 0. The maximum absolute atomic E-state index is 4.19. The highest BCUT2D eigenvalue weighted by Crippen LogP contribution is 2.20. The van der Waals surface area contributed by atoms with Gasteiger partial charge in [-0.15, -0.1) is 0 Å². The van der Waals surface area contributed by atoms with Gasteiger partial charge in [-0.25, -0.2) is 0 Å². The number of benzene rings is 1. The lowest BCUT2D eigenvalue weighted by Crippen LogP contribution is -2.30. The monoisotopic (exact) mass is 321 g/mol. The zero-order valence-corrected chi connectivity index (χ0v) is 14.1. The van der Waals surface area contributed by atoms with Crippen molar-refractivity contribution in [1.82, 2.24) is 25.4 Å². The van der Waals surface area contributed by atoms with Crippen molar-refractivity contribution >= 4 is 0 Å². The Morgan fingerprint density at radius 1 is 1.08 bits per heavy atom. The van der Waals surface area contributed by atoms with Gasteiger partial charge in [-0.3, -0.25) is 10.1 Å². The van der Waals surface area contributed by atoms with Crippen LogP contribution < -0.4 is 5.32 Å². The summed E-state index contributed by atoms with van der Waals surface area (Å²) in [7, 11) is 4.22. The number of nitrogens with one attached hydrogen (secondary N) is 2. The molecule has 0 saturated carbocycles. The van der Waals surface area contributed by atoms with E-state index in [9.17, 15) is 0 Å². The van der Waals surface area contributed by atoms with Crippen molar-refractivity contribution in [3.8, 4) is 11.3 Å². The molecule has 0 amide bonds. The van der Waals surface area contributed by atoms with Crippen LogP contribution in [0.25, 0.3) is 11.3 Å². The predicted octanol–water partition coefficient (Wildman–Crippen LogP) is 2.86. The van der Waals surface area contributed by atoms with Crippen LogP contribution in [-0.2, 0) is 6.54 Å². The number of likely N-dealkylation sites (N-methyl/N-ethyl adjacent to an activating group) is 1. The first-order valence-electron chi connectivity index (χ1n) is 8.10. The SMILES string of the molecule is CN(C)[C@H](CNCc1cn[nH]c1-c1cccnc1)c1ccccc1. The highest BCUT2D eigenvalue weighted by molar-refractivity contribution is 5.61. The van der Waals surface area contributed by atoms with Crippen molar-refractivity contribution < 1.29 is 0 Å². The molecule has 1 aromatic carbocycles. The maximum atomic E-state index is 4.19. The largest absolute Gasteiger partial charge is 0.311 e. The molecule has 0 aliphatic heterocycles. The van der Waals surface area contributed by atoms with Gasteiger partial charge >= 0.3 is 0 Å². The Bertz CT molecular complexity index is 737. The normalized spacial score (nSPS) is 12.5. The summed E-state index contributed by atoms with van der Waals surface area (Å²) in [4.78, 5) is 6.41. The summed E-state index contributed by atoms with van der Waals surface area (Å²) in [6, 6.07) is 14.9. The Balaban J connectivity index is 1.65. The van der Waals surface area contributed by atoms with Crippen LogP contribution in [0.2, 0.25) is 0 Å². The quantitative estimate of drug-likeness (QED) is 0.702. The summed E-state index contributed by atoms with van der Waals surface area (Å²) in [5.41, 5.74) is 4.54. The minimum Gasteiger partial charge on any atom is -0.311 e. The van der Waals surface area contributed by atoms with E-state index in [0.717, 1.165) is 29.9 Å². The number of hydrogen-bond donors (Lipinski definition) is 2. The molecule has 2 aromatic heterocycles. The molecule has 0 saturated heterocycles. The number of rotatable bonds is 7. The third-order valence-corrected chi connectivity index (χ3v) is 4.13. The number of pyridine rings is 1. The lowest BCUT2D eigenvalue weighted by Gasteiger charge is -2.25. The predicted molar refractivity (Wildman–Crippen MR) is 96.4 cm³/mol. The zero-order chi connectivity index (χ0) is 16.8. The summed E-state index contributed by atoms with van der Waals surface area (Å²) >= 11 is 0. The molecule has 1 atom stereocenters. The number of H-pyrrole nitrogens is 1. The van der Waals surface area contributed by atoms with E-state index in [0.29, 0.717) is 6.04 Å². The fraction of sp³-hybridized carbons (Fsp3) is 0.263. The molecule has 2 heterocycles. The average Bonchev–Trinajstić information content (AvgIpc) is 3.08. The van der Waals surface area contributed by atoms with Gasteiger partial charge in [0, 0.05) is 42.7 Å². The van der Waals surface area contributed by atoms with Gasteiger partial charge in [-0.2, -0.15) is 5.10 Å². The molecule has 0 bridgehead atoms. The second-order valence-corrected chi connectivity index (χ2v) is 6.03. The smallest absolute Gasteiger partial charge is 0.0710 e. The van der Waals surface area contributed by atoms with Crippen molar-refractivity contribution in [2.24, 2.45) is 0 Å². The molecule has 5 heteroatoms. The highest BCUT2D eigenvalue weighted by Gasteiger charge is 2.14. The number of hydrogen-bond acceptors (Lipinski definition) is 4. The third kappa shape index (κ3) is 3.88. The Morgan fingerprint density at radius 2 is 1.92 bits per heavy atom. The minimum atomic E-state index is 0.333. The summed E-state index contributed by atoms with van der Waals surface area (Å²) in [5.74, 6) is 0. The molecule has 3 aromatic rings. The van der Waals surface area contributed by atoms with Crippen molar-refractivity contribution in [3.63, 3.8) is 0 Å². The van der Waals surface area contributed by atoms with Gasteiger partial charge in [0.25, 0.3) is 0 Å². The van der Waals surface area contributed by atoms with Crippen LogP contribution in [0.5, 0.6) is 0 Å². The number of nitrogens with zero attached hydrogens (tertiary/aromatic N) is 3. The zero-order valence-electron chi connectivity index (χ0n) is 14.1. The van der Waals surface area contributed by atoms with Crippen LogP contribution in [0.3, 0.4) is 0 Å². The van der Waals surface area contributed by atoms with Gasteiger partial charge in [0.15, 0.2) is 0 Å². The number of aromatic nitrogens is 3. The first-order valence-corrected chi connectivity index (χ1v) is 8.10. The molecule has 0 unspecified atom stereocenters. The highest BCUT2D eigenvalue weighted by atomic mass is 15.1. The van der Waals surface area contributed by atoms with E-state index in [1.165, 1.54) is 5.56 Å². The molecular formula is C19H23N5. The number of aromatic amines is 1. The first kappa shape index (κ1) is 16.4. The van der Waals surface area contributed by atoms with Crippen molar-refractivity contribution in [1.29, 1.82) is 0 Å². The summed E-state index contributed by atoms with van der Waals surface area (Å²) in [6.45, 7) is 1.63. The van der Waals surface area contributed by atoms with Crippen molar-refractivity contribution in [3.05, 3.63) is 72.2 Å². The minimum absolute atomic E-state index is 0.333.